The molecule has 0 radical (unpaired) electrons. The second-order valence-corrected chi connectivity index (χ2v) is 8.14. The van der Waals surface area contributed by atoms with Crippen molar-refractivity contribution in [3.8, 4) is 5.88 Å². The molecule has 0 spiro atoms. The zero-order valence-corrected chi connectivity index (χ0v) is 15.6. The van der Waals surface area contributed by atoms with E-state index in [1.165, 1.54) is 4.70 Å². The first-order valence-corrected chi connectivity index (χ1v) is 10.1. The maximum Gasteiger partial charge on any atom is 0.257 e. The second-order valence-electron chi connectivity index (χ2n) is 7.11. The summed E-state index contributed by atoms with van der Waals surface area (Å²) in [6.07, 6.45) is 5.73. The second kappa shape index (κ2) is 6.94. The smallest absolute Gasteiger partial charge is 0.257 e. The van der Waals surface area contributed by atoms with Crippen molar-refractivity contribution < 1.29 is 9.84 Å². The minimum Gasteiger partial charge on any atom is -0.472 e. The Morgan fingerprint density at radius 1 is 1.19 bits per heavy atom. The van der Waals surface area contributed by atoms with E-state index in [9.17, 15) is 5.11 Å². The first kappa shape index (κ1) is 16.7. The Morgan fingerprint density at radius 3 is 2.85 bits per heavy atom. The molecule has 0 bridgehead atoms. The highest BCUT2D eigenvalue weighted by Gasteiger charge is 2.33. The van der Waals surface area contributed by atoms with Crippen LogP contribution in [0.4, 0.5) is 10.9 Å². The van der Waals surface area contributed by atoms with Crippen molar-refractivity contribution in [3.63, 3.8) is 0 Å². The van der Waals surface area contributed by atoms with Crippen LogP contribution < -0.4 is 15.0 Å². The van der Waals surface area contributed by atoms with Gasteiger partial charge in [0.15, 0.2) is 10.9 Å². The van der Waals surface area contributed by atoms with E-state index in [0.717, 1.165) is 42.3 Å². The van der Waals surface area contributed by atoms with Gasteiger partial charge in [-0.05, 0) is 18.6 Å². The lowest BCUT2D eigenvalue weighted by Crippen LogP contribution is -2.43. The molecule has 2 aromatic heterocycles. The minimum atomic E-state index is -0.300. The van der Waals surface area contributed by atoms with Gasteiger partial charge in [-0.25, -0.2) is 15.0 Å². The molecular formula is C19H21N5O2S. The Bertz CT molecular complexity index is 910. The van der Waals surface area contributed by atoms with Gasteiger partial charge in [-0.1, -0.05) is 23.5 Å². The fourth-order valence-electron chi connectivity index (χ4n) is 3.60. The van der Waals surface area contributed by atoms with Crippen LogP contribution in [0.25, 0.3) is 10.2 Å². The summed E-state index contributed by atoms with van der Waals surface area (Å²) in [6.45, 7) is 1.37. The van der Waals surface area contributed by atoms with E-state index >= 15 is 0 Å². The van der Waals surface area contributed by atoms with Crippen LogP contribution in [0.2, 0.25) is 0 Å². The summed E-state index contributed by atoms with van der Waals surface area (Å²) in [6, 6.07) is 8.54. The lowest BCUT2D eigenvalue weighted by molar-refractivity contribution is 0.103. The number of fused-ring (bicyclic) bond motifs is 1. The average Bonchev–Trinajstić information content (AvgIpc) is 3.26. The lowest BCUT2D eigenvalue weighted by atomic mass is 9.89. The molecule has 8 heteroatoms. The van der Waals surface area contributed by atoms with Crippen LogP contribution in [0.15, 0.2) is 36.7 Å². The number of thiazole rings is 1. The summed E-state index contributed by atoms with van der Waals surface area (Å²) >= 11 is 1.68. The molecule has 1 aromatic carbocycles. The number of rotatable bonds is 5. The summed E-state index contributed by atoms with van der Waals surface area (Å²) in [5.41, 5.74) is 1.04. The summed E-state index contributed by atoms with van der Waals surface area (Å²) in [7, 11) is 0. The molecule has 2 fully saturated rings. The number of para-hydroxylation sites is 1. The van der Waals surface area contributed by atoms with Crippen LogP contribution in [0.5, 0.6) is 5.88 Å². The van der Waals surface area contributed by atoms with Gasteiger partial charge >= 0.3 is 0 Å². The molecule has 5 rings (SSSR count). The van der Waals surface area contributed by atoms with Gasteiger partial charge < -0.3 is 20.1 Å². The highest BCUT2D eigenvalue weighted by molar-refractivity contribution is 7.22. The fourth-order valence-corrected chi connectivity index (χ4v) is 4.54. The summed E-state index contributed by atoms with van der Waals surface area (Å²) in [4.78, 5) is 15.5. The van der Waals surface area contributed by atoms with Crippen LogP contribution in [-0.2, 0) is 0 Å². The molecule has 1 saturated heterocycles. The third-order valence-corrected chi connectivity index (χ3v) is 6.07. The molecule has 0 unspecified atom stereocenters. The van der Waals surface area contributed by atoms with Gasteiger partial charge in [0, 0.05) is 44.4 Å². The predicted molar refractivity (Wildman–Crippen MR) is 106 cm³/mol. The van der Waals surface area contributed by atoms with E-state index in [-0.39, 0.29) is 12.2 Å². The zero-order chi connectivity index (χ0) is 18.2. The monoisotopic (exact) mass is 383 g/mol. The minimum absolute atomic E-state index is 0.125. The van der Waals surface area contributed by atoms with Crippen molar-refractivity contribution in [2.24, 2.45) is 0 Å². The predicted octanol–water partition coefficient (Wildman–Crippen LogP) is 2.68. The standard InChI is InChI=1S/C19H21N5O2S/c25-13-5-8-24(11-13)17-18(21-7-6-20-17)26-14-9-12(10-14)22-19-23-15-3-1-2-4-16(15)27-19/h1-4,6-7,12-14,25H,5,8-11H2,(H,22,23)/t12-,13-,14-/m1/s1. The van der Waals surface area contributed by atoms with Crippen molar-refractivity contribution in [1.82, 2.24) is 15.0 Å². The highest BCUT2D eigenvalue weighted by Crippen LogP contribution is 2.34. The Labute approximate surface area is 161 Å². The van der Waals surface area contributed by atoms with E-state index in [1.807, 2.05) is 23.1 Å². The van der Waals surface area contributed by atoms with Crippen LogP contribution in [0.1, 0.15) is 19.3 Å². The highest BCUT2D eigenvalue weighted by atomic mass is 32.1. The van der Waals surface area contributed by atoms with Crippen LogP contribution in [0, 0.1) is 0 Å². The molecule has 27 heavy (non-hydrogen) atoms. The number of β-amino-alcohol motifs (C(OH)–C–C–N with tert-alkyl or cyclic N) is 1. The molecular weight excluding hydrogens is 362 g/mol. The SMILES string of the molecule is O[C@@H]1CCN(c2nccnc2O[C@H]2C[C@H](Nc3nc4ccccc4s3)C2)C1. The molecule has 2 aliphatic rings. The van der Waals surface area contributed by atoms with Crippen molar-refractivity contribution in [2.75, 3.05) is 23.3 Å². The fraction of sp³-hybridized carbons (Fsp3) is 0.421. The Morgan fingerprint density at radius 2 is 2.04 bits per heavy atom. The number of aliphatic hydroxyl groups excluding tert-OH is 1. The van der Waals surface area contributed by atoms with Gasteiger partial charge in [0.25, 0.3) is 5.88 Å². The number of nitrogens with zero attached hydrogens (tertiary/aromatic N) is 4. The normalized spacial score (nSPS) is 24.8. The van der Waals surface area contributed by atoms with Gasteiger partial charge in [0.05, 0.1) is 16.3 Å². The Kier molecular flexibility index (Phi) is 4.29. The maximum atomic E-state index is 9.77. The molecule has 0 amide bonds. The molecule has 1 aliphatic heterocycles. The van der Waals surface area contributed by atoms with Crippen molar-refractivity contribution in [1.29, 1.82) is 0 Å². The number of aliphatic hydroxyl groups is 1. The summed E-state index contributed by atoms with van der Waals surface area (Å²) in [5, 5.41) is 14.2. The number of nitrogens with one attached hydrogen (secondary N) is 1. The summed E-state index contributed by atoms with van der Waals surface area (Å²) in [5.74, 6) is 1.30. The van der Waals surface area contributed by atoms with Crippen LogP contribution >= 0.6 is 11.3 Å². The number of aromatic nitrogens is 3. The topological polar surface area (TPSA) is 83.4 Å². The molecule has 2 N–H and O–H groups in total. The Balaban J connectivity index is 1.19. The number of anilines is 2. The van der Waals surface area contributed by atoms with E-state index in [1.54, 1.807) is 23.7 Å². The van der Waals surface area contributed by atoms with Gasteiger partial charge in [-0.2, -0.15) is 0 Å². The molecule has 7 nitrogen and oxygen atoms in total. The number of hydrogen-bond donors (Lipinski definition) is 2. The first-order valence-electron chi connectivity index (χ1n) is 9.27. The molecule has 140 valence electrons. The number of ether oxygens (including phenoxy) is 1. The maximum absolute atomic E-state index is 9.77. The van der Waals surface area contributed by atoms with E-state index in [0.29, 0.717) is 18.5 Å². The number of benzene rings is 1. The lowest BCUT2D eigenvalue weighted by Gasteiger charge is -2.35. The van der Waals surface area contributed by atoms with Crippen LogP contribution in [-0.4, -0.2) is 51.4 Å². The molecule has 1 atom stereocenters. The first-order chi connectivity index (χ1) is 13.2. The van der Waals surface area contributed by atoms with Gasteiger partial charge in [0.1, 0.15) is 6.10 Å². The van der Waals surface area contributed by atoms with E-state index < -0.39 is 0 Å². The summed E-state index contributed by atoms with van der Waals surface area (Å²) < 4.78 is 7.30. The third-order valence-electron chi connectivity index (χ3n) is 5.10. The zero-order valence-electron chi connectivity index (χ0n) is 14.8. The largest absolute Gasteiger partial charge is 0.472 e. The quantitative estimate of drug-likeness (QED) is 0.701. The molecule has 1 saturated carbocycles. The van der Waals surface area contributed by atoms with E-state index in [2.05, 4.69) is 26.3 Å². The Hall–Kier alpha value is -2.45. The van der Waals surface area contributed by atoms with Crippen molar-refractivity contribution in [3.05, 3.63) is 36.7 Å². The average molecular weight is 383 g/mol. The molecule has 1 aliphatic carbocycles. The molecule has 3 heterocycles. The van der Waals surface area contributed by atoms with Crippen molar-refractivity contribution >= 4 is 32.5 Å². The van der Waals surface area contributed by atoms with Gasteiger partial charge in [-0.3, -0.25) is 0 Å². The van der Waals surface area contributed by atoms with Gasteiger partial charge in [0.2, 0.25) is 0 Å². The number of hydrogen-bond acceptors (Lipinski definition) is 8. The van der Waals surface area contributed by atoms with Crippen LogP contribution in [0.3, 0.4) is 0 Å². The molecule has 3 aromatic rings. The third kappa shape index (κ3) is 3.42. The van der Waals surface area contributed by atoms with E-state index in [4.69, 9.17) is 4.74 Å². The van der Waals surface area contributed by atoms with Crippen molar-refractivity contribution in [2.45, 2.75) is 37.5 Å². The van der Waals surface area contributed by atoms with Gasteiger partial charge in [-0.15, -0.1) is 0 Å².